The number of anilines is 1. The minimum atomic E-state index is -0.416. The minimum absolute atomic E-state index is 0.00311. The van der Waals surface area contributed by atoms with E-state index in [1.165, 1.54) is 0 Å². The van der Waals surface area contributed by atoms with Crippen LogP contribution in [0, 0.1) is 6.92 Å². The molecule has 0 radical (unpaired) electrons. The number of rotatable bonds is 2. The summed E-state index contributed by atoms with van der Waals surface area (Å²) in [5, 5.41) is 3.54. The van der Waals surface area contributed by atoms with Crippen LogP contribution in [0.25, 0.3) is 0 Å². The fourth-order valence-electron chi connectivity index (χ4n) is 1.60. The summed E-state index contributed by atoms with van der Waals surface area (Å²) in [6, 6.07) is 6.68. The predicted molar refractivity (Wildman–Crippen MR) is 83.4 cm³/mol. The van der Waals surface area contributed by atoms with Crippen molar-refractivity contribution in [2.45, 2.75) is 6.92 Å². The molecule has 0 fully saturated rings. The highest BCUT2D eigenvalue weighted by Gasteiger charge is 2.19. The number of hydrogen-bond donors (Lipinski definition) is 1. The molecule has 1 aromatic heterocycles. The number of pyridine rings is 1. The van der Waals surface area contributed by atoms with Crippen molar-refractivity contribution in [3.63, 3.8) is 0 Å². The molecule has 0 aliphatic rings. The van der Waals surface area contributed by atoms with Gasteiger partial charge in [-0.3, -0.25) is 4.79 Å². The van der Waals surface area contributed by atoms with Crippen molar-refractivity contribution in [3.05, 3.63) is 55.7 Å². The van der Waals surface area contributed by atoms with Crippen molar-refractivity contribution in [1.82, 2.24) is 4.98 Å². The summed E-state index contributed by atoms with van der Waals surface area (Å²) in [6.45, 7) is 1.65. The summed E-state index contributed by atoms with van der Waals surface area (Å²) in [5.74, 6) is -0.416. The first kappa shape index (κ1) is 15.4. The zero-order chi connectivity index (χ0) is 14.9. The van der Waals surface area contributed by atoms with Crippen LogP contribution >= 0.6 is 46.4 Å². The van der Waals surface area contributed by atoms with E-state index in [9.17, 15) is 4.79 Å². The van der Waals surface area contributed by atoms with Gasteiger partial charge in [0.15, 0.2) is 0 Å². The second-order valence-corrected chi connectivity index (χ2v) is 5.50. The minimum Gasteiger partial charge on any atom is -0.322 e. The van der Waals surface area contributed by atoms with E-state index in [0.717, 1.165) is 0 Å². The van der Waals surface area contributed by atoms with E-state index in [1.807, 2.05) is 0 Å². The van der Waals surface area contributed by atoms with Crippen molar-refractivity contribution in [2.24, 2.45) is 0 Å². The van der Waals surface area contributed by atoms with Crippen LogP contribution in [0.15, 0.2) is 24.3 Å². The van der Waals surface area contributed by atoms with Gasteiger partial charge in [-0.15, -0.1) is 0 Å². The van der Waals surface area contributed by atoms with Gasteiger partial charge in [0, 0.05) is 10.7 Å². The average molecular weight is 350 g/mol. The van der Waals surface area contributed by atoms with Crippen LogP contribution < -0.4 is 5.32 Å². The monoisotopic (exact) mass is 348 g/mol. The third kappa shape index (κ3) is 3.18. The van der Waals surface area contributed by atoms with E-state index in [2.05, 4.69) is 10.3 Å². The van der Waals surface area contributed by atoms with E-state index in [1.54, 1.807) is 31.2 Å². The number of carbonyl (C=O) groups is 1. The van der Waals surface area contributed by atoms with Gasteiger partial charge in [-0.05, 0) is 36.8 Å². The molecule has 2 rings (SSSR count). The molecule has 0 unspecified atom stereocenters. The summed E-state index contributed by atoms with van der Waals surface area (Å²) in [4.78, 5) is 16.1. The molecule has 0 spiro atoms. The lowest BCUT2D eigenvalue weighted by Crippen LogP contribution is -2.15. The SMILES string of the molecule is Cc1c(Cl)c(Cl)nc(Cl)c1C(=O)Nc1ccc(Cl)cc1. The lowest BCUT2D eigenvalue weighted by Gasteiger charge is -2.11. The fraction of sp³-hybridized carbons (Fsp3) is 0.0769. The van der Waals surface area contributed by atoms with Crippen LogP contribution in [0.4, 0.5) is 5.69 Å². The van der Waals surface area contributed by atoms with Crippen LogP contribution in [0.5, 0.6) is 0 Å². The van der Waals surface area contributed by atoms with Crippen LogP contribution in [-0.2, 0) is 0 Å². The predicted octanol–water partition coefficient (Wildman–Crippen LogP) is 5.26. The molecule has 20 heavy (non-hydrogen) atoms. The van der Waals surface area contributed by atoms with Crippen LogP contribution in [0.1, 0.15) is 15.9 Å². The Balaban J connectivity index is 2.34. The smallest absolute Gasteiger partial charge is 0.259 e. The molecule has 0 saturated carbocycles. The van der Waals surface area contributed by atoms with Gasteiger partial charge in [0.25, 0.3) is 5.91 Å². The molecule has 3 nitrogen and oxygen atoms in total. The van der Waals surface area contributed by atoms with Crippen molar-refractivity contribution in [2.75, 3.05) is 5.32 Å². The molecule has 7 heteroatoms. The first-order chi connectivity index (χ1) is 9.40. The van der Waals surface area contributed by atoms with Crippen LogP contribution in [-0.4, -0.2) is 10.9 Å². The maximum atomic E-state index is 12.2. The molecular formula is C13H8Cl4N2O. The first-order valence-electron chi connectivity index (χ1n) is 5.48. The normalized spacial score (nSPS) is 10.4. The quantitative estimate of drug-likeness (QED) is 0.751. The van der Waals surface area contributed by atoms with Crippen molar-refractivity contribution < 1.29 is 4.79 Å². The molecule has 0 saturated heterocycles. The Morgan fingerprint density at radius 3 is 2.25 bits per heavy atom. The highest BCUT2D eigenvalue weighted by molar-refractivity contribution is 6.43. The third-order valence-electron chi connectivity index (χ3n) is 2.62. The number of carbonyl (C=O) groups excluding carboxylic acids is 1. The second kappa shape index (κ2) is 6.19. The molecule has 0 bridgehead atoms. The molecule has 1 aromatic carbocycles. The Morgan fingerprint density at radius 2 is 1.65 bits per heavy atom. The number of benzene rings is 1. The van der Waals surface area contributed by atoms with E-state index < -0.39 is 5.91 Å². The highest BCUT2D eigenvalue weighted by atomic mass is 35.5. The Kier molecular flexibility index (Phi) is 4.76. The van der Waals surface area contributed by atoms with E-state index in [0.29, 0.717) is 16.3 Å². The van der Waals surface area contributed by atoms with Gasteiger partial charge in [-0.25, -0.2) is 4.98 Å². The summed E-state index contributed by atoms with van der Waals surface area (Å²) in [6.07, 6.45) is 0. The molecule has 104 valence electrons. The van der Waals surface area contributed by atoms with Gasteiger partial charge in [0.2, 0.25) is 0 Å². The van der Waals surface area contributed by atoms with Crippen molar-refractivity contribution in [1.29, 1.82) is 0 Å². The number of nitrogens with zero attached hydrogens (tertiary/aromatic N) is 1. The number of amides is 1. The van der Waals surface area contributed by atoms with Gasteiger partial charge in [0.1, 0.15) is 10.3 Å². The lowest BCUT2D eigenvalue weighted by atomic mass is 10.1. The Labute approximate surface area is 135 Å². The number of halogens is 4. The molecule has 1 amide bonds. The maximum absolute atomic E-state index is 12.2. The fourth-order valence-corrected chi connectivity index (χ4v) is 2.45. The Hall–Kier alpha value is -1.00. The van der Waals surface area contributed by atoms with Gasteiger partial charge in [0.05, 0.1) is 10.6 Å². The Bertz CT molecular complexity index is 671. The maximum Gasteiger partial charge on any atom is 0.259 e. The summed E-state index contributed by atoms with van der Waals surface area (Å²) >= 11 is 23.5. The average Bonchev–Trinajstić information content (AvgIpc) is 2.39. The molecule has 2 aromatic rings. The van der Waals surface area contributed by atoms with Crippen LogP contribution in [0.2, 0.25) is 20.4 Å². The number of aromatic nitrogens is 1. The van der Waals surface area contributed by atoms with E-state index in [-0.39, 0.29) is 20.9 Å². The van der Waals surface area contributed by atoms with Crippen molar-refractivity contribution in [3.8, 4) is 0 Å². The molecule has 0 aliphatic heterocycles. The summed E-state index contributed by atoms with van der Waals surface area (Å²) in [5.41, 5.74) is 1.25. The highest BCUT2D eigenvalue weighted by Crippen LogP contribution is 2.31. The standard InChI is InChI=1S/C13H8Cl4N2O/c1-6-9(11(16)19-12(17)10(6)15)13(20)18-8-4-2-7(14)3-5-8/h2-5H,1H3,(H,18,20). The molecule has 0 aliphatic carbocycles. The topological polar surface area (TPSA) is 42.0 Å². The van der Waals surface area contributed by atoms with E-state index >= 15 is 0 Å². The first-order valence-corrected chi connectivity index (χ1v) is 6.99. The zero-order valence-electron chi connectivity index (χ0n) is 10.2. The summed E-state index contributed by atoms with van der Waals surface area (Å²) in [7, 11) is 0. The molecule has 1 heterocycles. The van der Waals surface area contributed by atoms with Crippen molar-refractivity contribution >= 4 is 58.0 Å². The Morgan fingerprint density at radius 1 is 1.05 bits per heavy atom. The van der Waals surface area contributed by atoms with Gasteiger partial charge in [-0.2, -0.15) is 0 Å². The van der Waals surface area contributed by atoms with E-state index in [4.69, 9.17) is 46.4 Å². The van der Waals surface area contributed by atoms with Gasteiger partial charge < -0.3 is 5.32 Å². The molecule has 1 N–H and O–H groups in total. The third-order valence-corrected chi connectivity index (χ3v) is 3.98. The molecule has 0 atom stereocenters. The molecular weight excluding hydrogens is 342 g/mol. The number of nitrogens with one attached hydrogen (secondary N) is 1. The number of hydrogen-bond acceptors (Lipinski definition) is 2. The van der Waals surface area contributed by atoms with Gasteiger partial charge in [-0.1, -0.05) is 46.4 Å². The zero-order valence-corrected chi connectivity index (χ0v) is 13.2. The largest absolute Gasteiger partial charge is 0.322 e. The lowest BCUT2D eigenvalue weighted by molar-refractivity contribution is 0.102. The second-order valence-electron chi connectivity index (χ2n) is 3.97. The van der Waals surface area contributed by atoms with Gasteiger partial charge >= 0.3 is 0 Å². The van der Waals surface area contributed by atoms with Crippen LogP contribution in [0.3, 0.4) is 0 Å². The summed E-state index contributed by atoms with van der Waals surface area (Å²) < 4.78 is 0.